The molecule has 1 aliphatic heterocycles. The third-order valence-corrected chi connectivity index (χ3v) is 5.33. The second kappa shape index (κ2) is 5.75. The van der Waals surface area contributed by atoms with Gasteiger partial charge in [-0.05, 0) is 18.3 Å². The second-order valence-electron chi connectivity index (χ2n) is 6.53. The summed E-state index contributed by atoms with van der Waals surface area (Å²) in [5.74, 6) is 0.573. The first-order valence-corrected chi connectivity index (χ1v) is 8.01. The third kappa shape index (κ3) is 3.10. The molecule has 2 N–H and O–H groups in total. The van der Waals surface area contributed by atoms with Crippen LogP contribution in [0.4, 0.5) is 10.7 Å². The molecule has 2 rings (SSSR count). The Hall–Kier alpha value is -1.43. The zero-order chi connectivity index (χ0) is 15.8. The van der Waals surface area contributed by atoms with Crippen LogP contribution in [0.3, 0.4) is 0 Å². The van der Waals surface area contributed by atoms with E-state index >= 15 is 0 Å². The summed E-state index contributed by atoms with van der Waals surface area (Å²) in [7, 11) is 5.08. The fraction of sp³-hybridized carbons (Fsp3) is 0.667. The van der Waals surface area contributed by atoms with Crippen molar-refractivity contribution in [1.29, 1.82) is 0 Å². The molecule has 0 radical (unpaired) electrons. The Morgan fingerprint density at radius 2 is 1.90 bits per heavy atom. The number of methoxy groups -OCH3 is 1. The highest BCUT2D eigenvalue weighted by Crippen LogP contribution is 2.46. The number of thiophene rings is 1. The molecule has 1 amide bonds. The average Bonchev–Trinajstić information content (AvgIpc) is 2.74. The highest BCUT2D eigenvalue weighted by molar-refractivity contribution is 7.19. The van der Waals surface area contributed by atoms with Crippen LogP contribution in [-0.2, 0) is 0 Å². The van der Waals surface area contributed by atoms with Gasteiger partial charge in [0.1, 0.15) is 15.6 Å². The van der Waals surface area contributed by atoms with Gasteiger partial charge < -0.3 is 20.3 Å². The molecule has 1 fully saturated rings. The van der Waals surface area contributed by atoms with Crippen molar-refractivity contribution < 1.29 is 9.53 Å². The number of nitrogens with two attached hydrogens (primary N) is 1. The van der Waals surface area contributed by atoms with Gasteiger partial charge in [-0.2, -0.15) is 0 Å². The van der Waals surface area contributed by atoms with Crippen molar-refractivity contribution in [2.45, 2.75) is 26.7 Å². The van der Waals surface area contributed by atoms with Crippen LogP contribution in [-0.4, -0.2) is 45.1 Å². The van der Waals surface area contributed by atoms with Crippen LogP contribution < -0.4 is 15.4 Å². The lowest BCUT2D eigenvalue weighted by molar-refractivity contribution is 0.0833. The van der Waals surface area contributed by atoms with Crippen LogP contribution >= 0.6 is 11.3 Å². The summed E-state index contributed by atoms with van der Waals surface area (Å²) in [6.07, 6.45) is 2.26. The van der Waals surface area contributed by atoms with Gasteiger partial charge in [-0.3, -0.25) is 4.79 Å². The summed E-state index contributed by atoms with van der Waals surface area (Å²) in [4.78, 5) is 16.6. The van der Waals surface area contributed by atoms with Crippen molar-refractivity contribution in [2.24, 2.45) is 5.41 Å². The van der Waals surface area contributed by atoms with Gasteiger partial charge >= 0.3 is 0 Å². The summed E-state index contributed by atoms with van der Waals surface area (Å²) < 4.78 is 5.46. The Bertz CT molecular complexity index is 527. The van der Waals surface area contributed by atoms with Crippen molar-refractivity contribution in [2.75, 3.05) is 44.9 Å². The molecular formula is C15H25N3O2S. The minimum absolute atomic E-state index is 0.0700. The number of carbonyl (C=O) groups excluding carboxylic acids is 1. The topological polar surface area (TPSA) is 58.8 Å². The molecule has 0 atom stereocenters. The van der Waals surface area contributed by atoms with Crippen LogP contribution in [0, 0.1) is 5.41 Å². The summed E-state index contributed by atoms with van der Waals surface area (Å²) in [5.41, 5.74) is 6.97. The van der Waals surface area contributed by atoms with Crippen molar-refractivity contribution in [3.8, 4) is 5.75 Å². The minimum atomic E-state index is -0.0700. The number of ether oxygens (including phenoxy) is 1. The second-order valence-corrected chi connectivity index (χ2v) is 7.53. The van der Waals surface area contributed by atoms with Gasteiger partial charge in [0.25, 0.3) is 5.91 Å². The Balaban J connectivity index is 2.32. The molecule has 5 nitrogen and oxygen atoms in total. The molecule has 1 aromatic heterocycles. The zero-order valence-corrected chi connectivity index (χ0v) is 14.3. The number of carbonyl (C=O) groups is 1. The van der Waals surface area contributed by atoms with Crippen LogP contribution in [0.5, 0.6) is 5.75 Å². The molecule has 0 aromatic carbocycles. The van der Waals surface area contributed by atoms with E-state index in [1.165, 1.54) is 11.3 Å². The number of hydrogen-bond donors (Lipinski definition) is 1. The Kier molecular flexibility index (Phi) is 4.37. The van der Waals surface area contributed by atoms with E-state index < -0.39 is 0 Å². The normalized spacial score (nSPS) is 17.7. The number of nitrogens with zero attached hydrogens (tertiary/aromatic N) is 2. The molecule has 6 heteroatoms. The van der Waals surface area contributed by atoms with E-state index in [2.05, 4.69) is 18.7 Å². The largest absolute Gasteiger partial charge is 0.492 e. The SMILES string of the molecule is COc1c(N2CCC(C)(C)CC2)sc(C(=O)N(C)C)c1N. The van der Waals surface area contributed by atoms with Gasteiger partial charge in [-0.1, -0.05) is 13.8 Å². The minimum Gasteiger partial charge on any atom is -0.492 e. The molecule has 0 aliphatic carbocycles. The van der Waals surface area contributed by atoms with Crippen LogP contribution in [0.2, 0.25) is 0 Å². The van der Waals surface area contributed by atoms with Gasteiger partial charge in [0.15, 0.2) is 5.75 Å². The van der Waals surface area contributed by atoms with E-state index in [9.17, 15) is 4.79 Å². The molecule has 2 heterocycles. The lowest BCUT2D eigenvalue weighted by Gasteiger charge is -2.37. The van der Waals surface area contributed by atoms with E-state index in [1.807, 2.05) is 0 Å². The lowest BCUT2D eigenvalue weighted by atomic mass is 9.83. The third-order valence-electron chi connectivity index (χ3n) is 4.09. The maximum atomic E-state index is 12.2. The quantitative estimate of drug-likeness (QED) is 0.932. The molecule has 21 heavy (non-hydrogen) atoms. The molecule has 1 aliphatic rings. The van der Waals surface area contributed by atoms with Gasteiger partial charge in [-0.25, -0.2) is 0 Å². The van der Waals surface area contributed by atoms with Gasteiger partial charge in [0, 0.05) is 27.2 Å². The maximum absolute atomic E-state index is 12.2. The van der Waals surface area contributed by atoms with Crippen molar-refractivity contribution in [1.82, 2.24) is 4.90 Å². The summed E-state index contributed by atoms with van der Waals surface area (Å²) in [6.45, 7) is 6.54. The Morgan fingerprint density at radius 3 is 2.38 bits per heavy atom. The number of nitrogen functional groups attached to an aromatic ring is 1. The standard InChI is InChI=1S/C15H25N3O2S/c1-15(2)6-8-18(9-7-15)14-11(20-5)10(16)12(21-14)13(19)17(3)4/h6-9,16H2,1-5H3. The van der Waals surface area contributed by atoms with Crippen molar-refractivity contribution >= 4 is 27.9 Å². The molecule has 0 bridgehead atoms. The van der Waals surface area contributed by atoms with E-state index in [-0.39, 0.29) is 5.91 Å². The predicted octanol–water partition coefficient (Wildman–Crippen LogP) is 2.67. The van der Waals surface area contributed by atoms with Gasteiger partial charge in [0.05, 0.1) is 7.11 Å². The average molecular weight is 311 g/mol. The maximum Gasteiger partial charge on any atom is 0.265 e. The lowest BCUT2D eigenvalue weighted by Crippen LogP contribution is -2.37. The summed E-state index contributed by atoms with van der Waals surface area (Å²) >= 11 is 1.44. The van der Waals surface area contributed by atoms with E-state index in [4.69, 9.17) is 10.5 Å². The van der Waals surface area contributed by atoms with Crippen LogP contribution in [0.25, 0.3) is 0 Å². The highest BCUT2D eigenvalue weighted by atomic mass is 32.1. The smallest absolute Gasteiger partial charge is 0.265 e. The van der Waals surface area contributed by atoms with Gasteiger partial charge in [-0.15, -0.1) is 11.3 Å². The summed E-state index contributed by atoms with van der Waals surface area (Å²) in [6, 6.07) is 0. The molecule has 0 saturated carbocycles. The first-order valence-electron chi connectivity index (χ1n) is 7.19. The fourth-order valence-corrected chi connectivity index (χ4v) is 3.76. The number of rotatable bonds is 3. The predicted molar refractivity (Wildman–Crippen MR) is 88.5 cm³/mol. The molecule has 118 valence electrons. The Morgan fingerprint density at radius 1 is 1.33 bits per heavy atom. The Labute approximate surface area is 130 Å². The number of hydrogen-bond acceptors (Lipinski definition) is 5. The molecule has 1 aromatic rings. The van der Waals surface area contributed by atoms with E-state index in [0.717, 1.165) is 30.9 Å². The monoisotopic (exact) mass is 311 g/mol. The van der Waals surface area contributed by atoms with Crippen LogP contribution in [0.1, 0.15) is 36.4 Å². The highest BCUT2D eigenvalue weighted by Gasteiger charge is 2.31. The molecule has 0 spiro atoms. The fourth-order valence-electron chi connectivity index (χ4n) is 2.50. The molecule has 1 saturated heterocycles. The zero-order valence-electron chi connectivity index (χ0n) is 13.5. The van der Waals surface area contributed by atoms with E-state index in [1.54, 1.807) is 26.1 Å². The summed E-state index contributed by atoms with van der Waals surface area (Å²) in [5, 5.41) is 0.982. The van der Waals surface area contributed by atoms with E-state index in [0.29, 0.717) is 21.7 Å². The number of anilines is 2. The van der Waals surface area contributed by atoms with Crippen LogP contribution in [0.15, 0.2) is 0 Å². The molecular weight excluding hydrogens is 286 g/mol. The number of piperidine rings is 1. The first kappa shape index (κ1) is 15.9. The number of amides is 1. The van der Waals surface area contributed by atoms with Crippen molar-refractivity contribution in [3.05, 3.63) is 4.88 Å². The first-order chi connectivity index (χ1) is 9.76. The molecule has 0 unspecified atom stereocenters. The van der Waals surface area contributed by atoms with Gasteiger partial charge in [0.2, 0.25) is 0 Å². The van der Waals surface area contributed by atoms with Crippen molar-refractivity contribution in [3.63, 3.8) is 0 Å².